The summed E-state index contributed by atoms with van der Waals surface area (Å²) in [6, 6.07) is 0. The van der Waals surface area contributed by atoms with Crippen molar-refractivity contribution in [2.45, 2.75) is 52.3 Å². The molecule has 0 aliphatic heterocycles. The Kier molecular flexibility index (Phi) is 5.61. The summed E-state index contributed by atoms with van der Waals surface area (Å²) in [5.74, 6) is -0.850. The van der Waals surface area contributed by atoms with Crippen molar-refractivity contribution >= 4 is 17.2 Å². The average Bonchev–Trinajstić information content (AvgIpc) is 2.72. The summed E-state index contributed by atoms with van der Waals surface area (Å²) < 4.78 is 39.6. The number of hydrogen-bond donors (Lipinski definition) is 2. The van der Waals surface area contributed by atoms with Crippen molar-refractivity contribution in [2.75, 3.05) is 6.54 Å². The zero-order valence-corrected chi connectivity index (χ0v) is 13.9. The quantitative estimate of drug-likeness (QED) is 0.867. The molecule has 0 spiro atoms. The van der Waals surface area contributed by atoms with Crippen LogP contribution in [0.25, 0.3) is 0 Å². The zero-order chi connectivity index (χ0) is 17.2. The van der Waals surface area contributed by atoms with Crippen molar-refractivity contribution in [3.05, 3.63) is 16.1 Å². The van der Waals surface area contributed by atoms with Crippen LogP contribution in [-0.4, -0.2) is 28.7 Å². The third-order valence-electron chi connectivity index (χ3n) is 3.06. The third-order valence-corrected chi connectivity index (χ3v) is 4.17. The number of carbonyl (C=O) groups is 1. The highest BCUT2D eigenvalue weighted by molar-refractivity contribution is 7.09. The normalized spacial score (nSPS) is 15.5. The molecule has 2 N–H and O–H groups in total. The van der Waals surface area contributed by atoms with E-state index in [1.807, 2.05) is 20.8 Å². The zero-order valence-electron chi connectivity index (χ0n) is 13.0. The molecule has 0 aliphatic carbocycles. The predicted octanol–water partition coefficient (Wildman–Crippen LogP) is 3.14. The Bertz CT molecular complexity index is 523. The van der Waals surface area contributed by atoms with Crippen LogP contribution in [0.15, 0.2) is 5.38 Å². The van der Waals surface area contributed by atoms with E-state index in [4.69, 9.17) is 0 Å². The van der Waals surface area contributed by atoms with E-state index in [1.165, 1.54) is 12.3 Å². The van der Waals surface area contributed by atoms with Gasteiger partial charge in [-0.2, -0.15) is 13.2 Å². The number of aliphatic hydroxyl groups is 1. The fourth-order valence-electron chi connectivity index (χ4n) is 1.71. The van der Waals surface area contributed by atoms with Gasteiger partial charge in [0, 0.05) is 17.6 Å². The lowest BCUT2D eigenvalue weighted by molar-refractivity contribution is -0.267. The van der Waals surface area contributed by atoms with Crippen molar-refractivity contribution in [3.8, 4) is 0 Å². The number of nitrogens with zero attached hydrogens (tertiary/aromatic N) is 1. The van der Waals surface area contributed by atoms with E-state index in [0.29, 0.717) is 23.5 Å². The fraction of sp³-hybridized carbons (Fsp3) is 0.714. The molecule has 0 aliphatic rings. The second-order valence-electron chi connectivity index (χ2n) is 6.49. The summed E-state index contributed by atoms with van der Waals surface area (Å²) in [5, 5.41) is 13.3. The predicted molar refractivity (Wildman–Crippen MR) is 78.5 cm³/mol. The largest absolute Gasteiger partial charge is 0.424 e. The van der Waals surface area contributed by atoms with Gasteiger partial charge in [0.15, 0.2) is 0 Å². The highest BCUT2D eigenvalue weighted by atomic mass is 32.1. The van der Waals surface area contributed by atoms with Gasteiger partial charge in [0.1, 0.15) is 5.01 Å². The minimum atomic E-state index is -4.97. The van der Waals surface area contributed by atoms with Gasteiger partial charge in [0.05, 0.1) is 6.42 Å². The smallest absolute Gasteiger partial charge is 0.374 e. The number of alkyl halides is 3. The highest BCUT2D eigenvalue weighted by Gasteiger charge is 2.58. The first kappa shape index (κ1) is 18.9. The van der Waals surface area contributed by atoms with Crippen molar-refractivity contribution in [2.24, 2.45) is 5.41 Å². The molecule has 8 heteroatoms. The first-order chi connectivity index (χ1) is 9.85. The molecule has 1 aromatic rings. The first-order valence-corrected chi connectivity index (χ1v) is 7.71. The van der Waals surface area contributed by atoms with Crippen LogP contribution in [0.3, 0.4) is 0 Å². The lowest BCUT2D eigenvalue weighted by atomic mass is 9.92. The Balaban J connectivity index is 2.81. The molecule has 22 heavy (non-hydrogen) atoms. The summed E-state index contributed by atoms with van der Waals surface area (Å²) in [4.78, 5) is 15.5. The van der Waals surface area contributed by atoms with Crippen LogP contribution in [0.2, 0.25) is 0 Å². The summed E-state index contributed by atoms with van der Waals surface area (Å²) in [5.41, 5.74) is -2.92. The molecular weight excluding hydrogens is 317 g/mol. The average molecular weight is 338 g/mol. The van der Waals surface area contributed by atoms with Gasteiger partial charge in [0.2, 0.25) is 11.5 Å². The van der Waals surface area contributed by atoms with Crippen LogP contribution in [0.4, 0.5) is 13.2 Å². The van der Waals surface area contributed by atoms with Crippen LogP contribution in [0, 0.1) is 12.3 Å². The summed E-state index contributed by atoms with van der Waals surface area (Å²) in [6.07, 6.45) is -5.44. The molecule has 0 radical (unpaired) electrons. The van der Waals surface area contributed by atoms with Gasteiger partial charge in [-0.3, -0.25) is 4.79 Å². The van der Waals surface area contributed by atoms with Gasteiger partial charge in [0.25, 0.3) is 0 Å². The number of halogens is 3. The van der Waals surface area contributed by atoms with E-state index < -0.39 is 29.1 Å². The van der Waals surface area contributed by atoms with Crippen molar-refractivity contribution in [1.29, 1.82) is 0 Å². The molecule has 1 heterocycles. The van der Waals surface area contributed by atoms with Crippen LogP contribution in [0.5, 0.6) is 0 Å². The van der Waals surface area contributed by atoms with Crippen molar-refractivity contribution < 1.29 is 23.1 Å². The molecule has 1 rings (SSSR count). The standard InChI is InChI=1S/C14H21F3N2O2S/c1-9-8-22-11(19-9)13(21,14(15,16)17)7-10(20)18-6-5-12(2,3)4/h8,21H,5-7H2,1-4H3,(H,18,20)/t13-/m0/s1. The maximum Gasteiger partial charge on any atom is 0.424 e. The number of aryl methyl sites for hydroxylation is 1. The van der Waals surface area contributed by atoms with Crippen LogP contribution in [0.1, 0.15) is 44.3 Å². The number of rotatable bonds is 5. The van der Waals surface area contributed by atoms with Gasteiger partial charge < -0.3 is 10.4 Å². The van der Waals surface area contributed by atoms with E-state index in [9.17, 15) is 23.1 Å². The molecule has 0 saturated heterocycles. The van der Waals surface area contributed by atoms with E-state index in [0.717, 1.165) is 0 Å². The van der Waals surface area contributed by atoms with Crippen molar-refractivity contribution in [1.82, 2.24) is 10.3 Å². The molecular formula is C14H21F3N2O2S. The Labute approximate surface area is 131 Å². The Morgan fingerprint density at radius 3 is 2.36 bits per heavy atom. The minimum absolute atomic E-state index is 0.0416. The third kappa shape index (κ3) is 4.95. The van der Waals surface area contributed by atoms with Gasteiger partial charge in [-0.25, -0.2) is 4.98 Å². The first-order valence-electron chi connectivity index (χ1n) is 6.83. The second-order valence-corrected chi connectivity index (χ2v) is 7.35. The van der Waals surface area contributed by atoms with Crippen molar-refractivity contribution in [3.63, 3.8) is 0 Å². The number of hydrogen-bond acceptors (Lipinski definition) is 4. The molecule has 0 bridgehead atoms. The summed E-state index contributed by atoms with van der Waals surface area (Å²) in [7, 11) is 0. The van der Waals surface area contributed by atoms with Gasteiger partial charge >= 0.3 is 6.18 Å². The number of thiazole rings is 1. The van der Waals surface area contributed by atoms with E-state index in [-0.39, 0.29) is 12.0 Å². The van der Waals surface area contributed by atoms with E-state index in [2.05, 4.69) is 10.3 Å². The van der Waals surface area contributed by atoms with Crippen LogP contribution >= 0.6 is 11.3 Å². The lowest BCUT2D eigenvalue weighted by Crippen LogP contribution is -2.46. The maximum atomic E-state index is 13.2. The molecule has 0 saturated carbocycles. The van der Waals surface area contributed by atoms with Gasteiger partial charge in [-0.05, 0) is 18.8 Å². The van der Waals surface area contributed by atoms with E-state index in [1.54, 1.807) is 0 Å². The SMILES string of the molecule is Cc1csc([C@@](O)(CC(=O)NCCC(C)(C)C)C(F)(F)F)n1. The number of nitrogens with one attached hydrogen (secondary N) is 1. The molecule has 0 aromatic carbocycles. The molecule has 1 atom stereocenters. The Hall–Kier alpha value is -1.15. The number of amides is 1. The Morgan fingerprint density at radius 1 is 1.36 bits per heavy atom. The Morgan fingerprint density at radius 2 is 1.95 bits per heavy atom. The monoisotopic (exact) mass is 338 g/mol. The van der Waals surface area contributed by atoms with Gasteiger partial charge in [-0.1, -0.05) is 20.8 Å². The highest BCUT2D eigenvalue weighted by Crippen LogP contribution is 2.42. The molecule has 0 unspecified atom stereocenters. The van der Waals surface area contributed by atoms with E-state index >= 15 is 0 Å². The second kappa shape index (κ2) is 6.54. The summed E-state index contributed by atoms with van der Waals surface area (Å²) >= 11 is 0.692. The van der Waals surface area contributed by atoms with Crippen LogP contribution in [-0.2, 0) is 10.4 Å². The number of aromatic nitrogens is 1. The fourth-order valence-corrected chi connectivity index (χ4v) is 2.63. The molecule has 1 amide bonds. The minimum Gasteiger partial charge on any atom is -0.374 e. The molecule has 0 fully saturated rings. The molecule has 1 aromatic heterocycles. The molecule has 4 nitrogen and oxygen atoms in total. The van der Waals surface area contributed by atoms with Gasteiger partial charge in [-0.15, -0.1) is 11.3 Å². The summed E-state index contributed by atoms with van der Waals surface area (Å²) in [6.45, 7) is 7.67. The maximum absolute atomic E-state index is 13.2. The topological polar surface area (TPSA) is 62.2 Å². The lowest BCUT2D eigenvalue weighted by Gasteiger charge is -2.28. The molecule has 126 valence electrons. The van der Waals surface area contributed by atoms with Crippen LogP contribution < -0.4 is 5.32 Å². The number of carbonyl (C=O) groups excluding carboxylic acids is 1.